The van der Waals surface area contributed by atoms with E-state index in [-0.39, 0.29) is 10.3 Å². The van der Waals surface area contributed by atoms with Crippen LogP contribution in [0.1, 0.15) is 26.5 Å². The second kappa shape index (κ2) is 5.06. The van der Waals surface area contributed by atoms with Crippen molar-refractivity contribution in [3.63, 3.8) is 0 Å². The van der Waals surface area contributed by atoms with Crippen molar-refractivity contribution in [2.24, 2.45) is 0 Å². The van der Waals surface area contributed by atoms with Crippen molar-refractivity contribution in [3.8, 4) is 0 Å². The standard InChI is InChI=1S/C13H17N3O2S2/c1-13(2,3)11-8-19-12(15-11)16-20(17,18)10-6-4-5-9(14)7-10/h4-8H,14H2,1-3H3,(H,15,16). The van der Waals surface area contributed by atoms with Crippen molar-refractivity contribution in [3.05, 3.63) is 35.3 Å². The van der Waals surface area contributed by atoms with Gasteiger partial charge in [-0.15, -0.1) is 11.3 Å². The molecule has 0 radical (unpaired) electrons. The normalized spacial score (nSPS) is 12.3. The number of nitrogen functional groups attached to an aromatic ring is 1. The first-order chi connectivity index (χ1) is 9.18. The molecule has 3 N–H and O–H groups in total. The number of aromatic nitrogens is 1. The van der Waals surface area contributed by atoms with E-state index in [2.05, 4.69) is 9.71 Å². The summed E-state index contributed by atoms with van der Waals surface area (Å²) >= 11 is 1.27. The molecule has 0 aliphatic carbocycles. The summed E-state index contributed by atoms with van der Waals surface area (Å²) in [5, 5.41) is 2.22. The molecular weight excluding hydrogens is 294 g/mol. The summed E-state index contributed by atoms with van der Waals surface area (Å²) < 4.78 is 26.9. The van der Waals surface area contributed by atoms with Gasteiger partial charge in [0.2, 0.25) is 0 Å². The van der Waals surface area contributed by atoms with Gasteiger partial charge in [-0.1, -0.05) is 26.8 Å². The number of nitrogens with zero attached hydrogens (tertiary/aromatic N) is 1. The molecule has 1 heterocycles. The van der Waals surface area contributed by atoms with E-state index in [1.165, 1.54) is 23.5 Å². The van der Waals surface area contributed by atoms with Gasteiger partial charge in [0.25, 0.3) is 10.0 Å². The van der Waals surface area contributed by atoms with Gasteiger partial charge in [0.15, 0.2) is 5.13 Å². The summed E-state index contributed by atoms with van der Waals surface area (Å²) in [6, 6.07) is 6.16. The van der Waals surface area contributed by atoms with Gasteiger partial charge in [-0.25, -0.2) is 13.4 Å². The molecule has 0 saturated heterocycles. The van der Waals surface area contributed by atoms with E-state index in [0.29, 0.717) is 10.8 Å². The molecule has 7 heteroatoms. The topological polar surface area (TPSA) is 85.1 Å². The fourth-order valence-electron chi connectivity index (χ4n) is 1.52. The molecule has 0 atom stereocenters. The third kappa shape index (κ3) is 3.29. The lowest BCUT2D eigenvalue weighted by atomic mass is 9.93. The van der Waals surface area contributed by atoms with Crippen LogP contribution in [0.2, 0.25) is 0 Å². The summed E-state index contributed by atoms with van der Waals surface area (Å²) in [6.45, 7) is 6.08. The van der Waals surface area contributed by atoms with E-state index in [9.17, 15) is 8.42 Å². The summed E-state index contributed by atoms with van der Waals surface area (Å²) in [4.78, 5) is 4.44. The molecule has 0 fully saturated rings. The second-order valence-electron chi connectivity index (χ2n) is 5.47. The van der Waals surface area contributed by atoms with Crippen LogP contribution in [-0.2, 0) is 15.4 Å². The smallest absolute Gasteiger partial charge is 0.263 e. The molecule has 20 heavy (non-hydrogen) atoms. The van der Waals surface area contributed by atoms with Crippen LogP contribution in [-0.4, -0.2) is 13.4 Å². The Labute approximate surface area is 122 Å². The van der Waals surface area contributed by atoms with Crippen molar-refractivity contribution in [1.82, 2.24) is 4.98 Å². The Morgan fingerprint density at radius 2 is 2.00 bits per heavy atom. The van der Waals surface area contributed by atoms with Crippen LogP contribution in [0.15, 0.2) is 34.5 Å². The van der Waals surface area contributed by atoms with Crippen molar-refractivity contribution < 1.29 is 8.42 Å². The molecule has 0 unspecified atom stereocenters. The number of nitrogens with two attached hydrogens (primary N) is 1. The highest BCUT2D eigenvalue weighted by atomic mass is 32.2. The molecule has 1 aromatic heterocycles. The van der Waals surface area contributed by atoms with Gasteiger partial charge in [-0.2, -0.15) is 0 Å². The monoisotopic (exact) mass is 311 g/mol. The van der Waals surface area contributed by atoms with Crippen molar-refractivity contribution >= 4 is 32.2 Å². The van der Waals surface area contributed by atoms with Crippen LogP contribution in [0.3, 0.4) is 0 Å². The van der Waals surface area contributed by atoms with E-state index >= 15 is 0 Å². The number of thiazole rings is 1. The number of anilines is 2. The fourth-order valence-corrected chi connectivity index (χ4v) is 3.77. The Balaban J connectivity index is 2.27. The van der Waals surface area contributed by atoms with E-state index in [4.69, 9.17) is 5.73 Å². The lowest BCUT2D eigenvalue weighted by Gasteiger charge is -2.14. The predicted octanol–water partition coefficient (Wildman–Crippen LogP) is 2.82. The highest BCUT2D eigenvalue weighted by molar-refractivity contribution is 7.93. The van der Waals surface area contributed by atoms with E-state index in [1.54, 1.807) is 12.1 Å². The Morgan fingerprint density at radius 3 is 2.55 bits per heavy atom. The number of rotatable bonds is 3. The third-order valence-electron chi connectivity index (χ3n) is 2.66. The second-order valence-corrected chi connectivity index (χ2v) is 8.01. The first-order valence-corrected chi connectivity index (χ1v) is 8.39. The van der Waals surface area contributed by atoms with Crippen LogP contribution >= 0.6 is 11.3 Å². The number of hydrogen-bond acceptors (Lipinski definition) is 5. The minimum absolute atomic E-state index is 0.114. The van der Waals surface area contributed by atoms with Gasteiger partial charge in [-0.05, 0) is 18.2 Å². The number of hydrogen-bond donors (Lipinski definition) is 2. The zero-order valence-corrected chi connectivity index (χ0v) is 13.2. The third-order valence-corrected chi connectivity index (χ3v) is 4.89. The van der Waals surface area contributed by atoms with Crippen LogP contribution < -0.4 is 10.5 Å². The van der Waals surface area contributed by atoms with Crippen LogP contribution in [0.4, 0.5) is 10.8 Å². The zero-order chi connectivity index (χ0) is 15.0. The molecule has 0 aliphatic rings. The first-order valence-electron chi connectivity index (χ1n) is 6.03. The molecule has 1 aromatic carbocycles. The molecule has 2 aromatic rings. The summed E-state index contributed by atoms with van der Waals surface area (Å²) in [5.41, 5.74) is 6.75. The van der Waals surface area contributed by atoms with Gasteiger partial charge in [0.05, 0.1) is 10.6 Å². The Bertz CT molecular complexity index is 715. The fraction of sp³-hybridized carbons (Fsp3) is 0.308. The Hall–Kier alpha value is -1.60. The summed E-state index contributed by atoms with van der Waals surface area (Å²) in [6.07, 6.45) is 0. The predicted molar refractivity (Wildman–Crippen MR) is 82.5 cm³/mol. The van der Waals surface area contributed by atoms with E-state index < -0.39 is 10.0 Å². The minimum atomic E-state index is -3.65. The van der Waals surface area contributed by atoms with Gasteiger partial charge in [0.1, 0.15) is 0 Å². The average molecular weight is 311 g/mol. The van der Waals surface area contributed by atoms with Crippen molar-refractivity contribution in [2.45, 2.75) is 31.1 Å². The molecule has 0 spiro atoms. The number of benzene rings is 1. The maximum atomic E-state index is 12.2. The van der Waals surface area contributed by atoms with E-state index in [1.807, 2.05) is 26.2 Å². The number of nitrogens with one attached hydrogen (secondary N) is 1. The maximum Gasteiger partial charge on any atom is 0.263 e. The van der Waals surface area contributed by atoms with Gasteiger partial charge >= 0.3 is 0 Å². The van der Waals surface area contributed by atoms with Crippen molar-refractivity contribution in [1.29, 1.82) is 0 Å². The van der Waals surface area contributed by atoms with Crippen LogP contribution in [0.25, 0.3) is 0 Å². The molecule has 2 rings (SSSR count). The Kier molecular flexibility index (Phi) is 3.75. The lowest BCUT2D eigenvalue weighted by molar-refractivity contribution is 0.573. The maximum absolute atomic E-state index is 12.2. The zero-order valence-electron chi connectivity index (χ0n) is 11.5. The number of sulfonamides is 1. The summed E-state index contributed by atoms with van der Waals surface area (Å²) in [7, 11) is -3.65. The SMILES string of the molecule is CC(C)(C)c1csc(NS(=O)(=O)c2cccc(N)c2)n1. The summed E-state index contributed by atoms with van der Waals surface area (Å²) in [5.74, 6) is 0. The van der Waals surface area contributed by atoms with Gasteiger partial charge < -0.3 is 5.73 Å². The molecule has 0 aliphatic heterocycles. The lowest BCUT2D eigenvalue weighted by Crippen LogP contribution is -2.15. The largest absolute Gasteiger partial charge is 0.399 e. The highest BCUT2D eigenvalue weighted by Gasteiger charge is 2.20. The molecule has 0 saturated carbocycles. The molecule has 5 nitrogen and oxygen atoms in total. The molecule has 0 bridgehead atoms. The van der Waals surface area contributed by atoms with Crippen molar-refractivity contribution in [2.75, 3.05) is 10.5 Å². The van der Waals surface area contributed by atoms with Crippen LogP contribution in [0.5, 0.6) is 0 Å². The van der Waals surface area contributed by atoms with Crippen LogP contribution in [0, 0.1) is 0 Å². The van der Waals surface area contributed by atoms with Gasteiger partial charge in [-0.3, -0.25) is 4.72 Å². The van der Waals surface area contributed by atoms with E-state index in [0.717, 1.165) is 5.69 Å². The van der Waals surface area contributed by atoms with Gasteiger partial charge in [0, 0.05) is 16.5 Å². The molecular formula is C13H17N3O2S2. The molecule has 0 amide bonds. The minimum Gasteiger partial charge on any atom is -0.399 e. The first kappa shape index (κ1) is 14.8. The highest BCUT2D eigenvalue weighted by Crippen LogP contribution is 2.27. The average Bonchev–Trinajstić information content (AvgIpc) is 2.76. The molecule has 108 valence electrons. The Morgan fingerprint density at radius 1 is 1.30 bits per heavy atom. The quantitative estimate of drug-likeness (QED) is 0.854.